The smallest absolute Gasteiger partial charge is 0.134 e. The van der Waals surface area contributed by atoms with Crippen LogP contribution in [0.1, 0.15) is 66.5 Å². The van der Waals surface area contributed by atoms with E-state index in [4.69, 9.17) is 9.05 Å². The summed E-state index contributed by atoms with van der Waals surface area (Å²) in [5.41, 5.74) is 11.1. The first kappa shape index (κ1) is 32.3. The standard InChI is InChI=1S/C38H48O2P2/c1-25(2)41(26(3)4)39-37-29(9)21-33(31-17-13-11-14-18-31)23-35(37)36-24-34(32-19-15-12-16-20-32)22-30(10)38(36)40-42(27(5)6)28(7)8/h11-28H,1-10H3. The van der Waals surface area contributed by atoms with E-state index in [0.29, 0.717) is 22.6 Å². The van der Waals surface area contributed by atoms with Crippen LogP contribution in [0.4, 0.5) is 0 Å². The predicted molar refractivity (Wildman–Crippen MR) is 188 cm³/mol. The molecule has 0 bridgehead atoms. The van der Waals surface area contributed by atoms with Crippen LogP contribution >= 0.6 is 16.3 Å². The average Bonchev–Trinajstić information content (AvgIpc) is 2.95. The third-order valence-electron chi connectivity index (χ3n) is 7.48. The first-order valence-corrected chi connectivity index (χ1v) is 18.1. The van der Waals surface area contributed by atoms with Crippen molar-refractivity contribution in [1.82, 2.24) is 0 Å². The fourth-order valence-corrected chi connectivity index (χ4v) is 9.74. The Morgan fingerprint density at radius 2 is 0.738 bits per heavy atom. The van der Waals surface area contributed by atoms with Crippen LogP contribution in [0.25, 0.3) is 33.4 Å². The van der Waals surface area contributed by atoms with Gasteiger partial charge < -0.3 is 9.05 Å². The van der Waals surface area contributed by atoms with E-state index >= 15 is 0 Å². The molecule has 0 aliphatic rings. The molecular formula is C38H48O2P2. The molecule has 4 heteroatoms. The minimum Gasteiger partial charge on any atom is -0.473 e. The van der Waals surface area contributed by atoms with Gasteiger partial charge in [-0.1, -0.05) is 116 Å². The van der Waals surface area contributed by atoms with Gasteiger partial charge in [0.05, 0.1) is 16.3 Å². The molecule has 0 spiro atoms. The maximum absolute atomic E-state index is 7.10. The number of hydrogen-bond donors (Lipinski definition) is 0. The van der Waals surface area contributed by atoms with Crippen molar-refractivity contribution in [2.24, 2.45) is 0 Å². The molecule has 0 unspecified atom stereocenters. The van der Waals surface area contributed by atoms with Crippen LogP contribution in [0, 0.1) is 13.8 Å². The van der Waals surface area contributed by atoms with Crippen LogP contribution in [0.5, 0.6) is 11.5 Å². The van der Waals surface area contributed by atoms with Gasteiger partial charge in [-0.25, -0.2) is 0 Å². The maximum atomic E-state index is 7.10. The molecule has 4 aromatic carbocycles. The second-order valence-corrected chi connectivity index (χ2v) is 18.3. The Hall–Kier alpha value is -2.66. The number of rotatable bonds is 11. The third kappa shape index (κ3) is 7.45. The Bertz CT molecular complexity index is 1330. The van der Waals surface area contributed by atoms with E-state index in [1.807, 2.05) is 0 Å². The van der Waals surface area contributed by atoms with Gasteiger partial charge in [-0.3, -0.25) is 0 Å². The molecule has 4 rings (SSSR count). The molecule has 4 aromatic rings. The lowest BCUT2D eigenvalue weighted by molar-refractivity contribution is 0.581. The van der Waals surface area contributed by atoms with Crippen LogP contribution < -0.4 is 9.05 Å². The van der Waals surface area contributed by atoms with E-state index in [-0.39, 0.29) is 0 Å². The van der Waals surface area contributed by atoms with Gasteiger partial charge in [0.2, 0.25) is 0 Å². The summed E-state index contributed by atoms with van der Waals surface area (Å²) in [4.78, 5) is 0. The monoisotopic (exact) mass is 598 g/mol. The molecule has 0 aliphatic heterocycles. The second-order valence-electron chi connectivity index (χ2n) is 12.3. The maximum Gasteiger partial charge on any atom is 0.134 e. The van der Waals surface area contributed by atoms with Crippen LogP contribution in [0.3, 0.4) is 0 Å². The van der Waals surface area contributed by atoms with Crippen molar-refractivity contribution in [2.75, 3.05) is 0 Å². The van der Waals surface area contributed by atoms with E-state index in [1.54, 1.807) is 0 Å². The molecule has 2 nitrogen and oxygen atoms in total. The van der Waals surface area contributed by atoms with Crippen molar-refractivity contribution < 1.29 is 9.05 Å². The topological polar surface area (TPSA) is 18.5 Å². The van der Waals surface area contributed by atoms with Crippen molar-refractivity contribution in [2.45, 2.75) is 91.9 Å². The molecule has 0 fully saturated rings. The van der Waals surface area contributed by atoms with E-state index in [1.165, 1.54) is 22.3 Å². The van der Waals surface area contributed by atoms with Gasteiger partial charge in [0, 0.05) is 33.8 Å². The van der Waals surface area contributed by atoms with Crippen LogP contribution in [0.15, 0.2) is 84.9 Å². The first-order chi connectivity index (χ1) is 20.0. The highest BCUT2D eigenvalue weighted by atomic mass is 31.1. The van der Waals surface area contributed by atoms with Crippen molar-refractivity contribution in [3.8, 4) is 44.9 Å². The summed E-state index contributed by atoms with van der Waals surface area (Å²) >= 11 is 0. The Morgan fingerprint density at radius 1 is 0.429 bits per heavy atom. The lowest BCUT2D eigenvalue weighted by atomic mass is 9.91. The lowest BCUT2D eigenvalue weighted by Crippen LogP contribution is -2.11. The highest BCUT2D eigenvalue weighted by Gasteiger charge is 2.27. The molecule has 0 saturated heterocycles. The quantitative estimate of drug-likeness (QED) is 0.160. The summed E-state index contributed by atoms with van der Waals surface area (Å²) in [6, 6.07) is 30.6. The molecule has 0 atom stereocenters. The molecule has 222 valence electrons. The van der Waals surface area contributed by atoms with Crippen molar-refractivity contribution >= 4 is 16.3 Å². The summed E-state index contributed by atoms with van der Waals surface area (Å²) in [6.45, 7) is 22.7. The molecular weight excluding hydrogens is 550 g/mol. The van der Waals surface area contributed by atoms with Crippen LogP contribution in [-0.4, -0.2) is 22.6 Å². The van der Waals surface area contributed by atoms with E-state index in [2.05, 4.69) is 154 Å². The summed E-state index contributed by atoms with van der Waals surface area (Å²) in [5, 5.41) is 0. The van der Waals surface area contributed by atoms with Crippen LogP contribution in [-0.2, 0) is 0 Å². The van der Waals surface area contributed by atoms with Gasteiger partial charge in [0.15, 0.2) is 0 Å². The SMILES string of the molecule is Cc1cc(-c2ccccc2)cc(-c2cc(-c3ccccc3)cc(C)c2OP(C(C)C)C(C)C)c1OP(C(C)C)C(C)C. The van der Waals surface area contributed by atoms with Gasteiger partial charge in [-0.15, -0.1) is 0 Å². The minimum absolute atomic E-state index is 0.448. The Balaban J connectivity index is 2.05. The van der Waals surface area contributed by atoms with E-state index in [9.17, 15) is 0 Å². The minimum atomic E-state index is -0.684. The van der Waals surface area contributed by atoms with Gasteiger partial charge in [-0.05, 0) is 71.5 Å². The molecule has 0 saturated carbocycles. The normalized spacial score (nSPS) is 11.9. The highest BCUT2D eigenvalue weighted by Crippen LogP contribution is 2.55. The van der Waals surface area contributed by atoms with Gasteiger partial charge in [0.25, 0.3) is 0 Å². The largest absolute Gasteiger partial charge is 0.473 e. The lowest BCUT2D eigenvalue weighted by Gasteiger charge is -2.30. The van der Waals surface area contributed by atoms with E-state index in [0.717, 1.165) is 33.8 Å². The molecule has 0 radical (unpaired) electrons. The Morgan fingerprint density at radius 3 is 1.02 bits per heavy atom. The molecule has 0 aromatic heterocycles. The zero-order valence-corrected chi connectivity index (χ0v) is 28.9. The fourth-order valence-electron chi connectivity index (χ4n) is 5.61. The summed E-state index contributed by atoms with van der Waals surface area (Å²) < 4.78 is 14.2. The van der Waals surface area contributed by atoms with Crippen LogP contribution in [0.2, 0.25) is 0 Å². The van der Waals surface area contributed by atoms with Gasteiger partial charge in [0.1, 0.15) is 11.5 Å². The molecule has 42 heavy (non-hydrogen) atoms. The summed E-state index contributed by atoms with van der Waals surface area (Å²) in [7, 11) is -1.37. The summed E-state index contributed by atoms with van der Waals surface area (Å²) in [5.74, 6) is 1.96. The van der Waals surface area contributed by atoms with Crippen molar-refractivity contribution in [1.29, 1.82) is 0 Å². The van der Waals surface area contributed by atoms with E-state index < -0.39 is 16.3 Å². The molecule has 0 heterocycles. The van der Waals surface area contributed by atoms with Gasteiger partial charge in [-0.2, -0.15) is 0 Å². The molecule has 0 aliphatic carbocycles. The highest BCUT2D eigenvalue weighted by molar-refractivity contribution is 7.54. The Kier molecular flexibility index (Phi) is 10.9. The third-order valence-corrected chi connectivity index (χ3v) is 12.3. The zero-order valence-electron chi connectivity index (χ0n) is 27.1. The average molecular weight is 599 g/mol. The van der Waals surface area contributed by atoms with Crippen molar-refractivity contribution in [3.05, 3.63) is 96.1 Å². The second kappa shape index (κ2) is 14.2. The number of hydrogen-bond acceptors (Lipinski definition) is 2. The molecule has 0 amide bonds. The van der Waals surface area contributed by atoms with Crippen molar-refractivity contribution in [3.63, 3.8) is 0 Å². The number of aryl methyl sites for hydroxylation is 2. The summed E-state index contributed by atoms with van der Waals surface area (Å²) in [6.07, 6.45) is 0. The Labute approximate surface area is 257 Å². The predicted octanol–water partition coefficient (Wildman–Crippen LogP) is 12.5. The first-order valence-electron chi connectivity index (χ1n) is 15.3. The fraction of sp³-hybridized carbons (Fsp3) is 0.368. The van der Waals surface area contributed by atoms with Gasteiger partial charge >= 0.3 is 0 Å². The number of benzene rings is 4. The molecule has 0 N–H and O–H groups in total. The zero-order chi connectivity index (χ0) is 30.6.